The van der Waals surface area contributed by atoms with Crippen molar-refractivity contribution in [3.05, 3.63) is 35.4 Å². The number of likely N-dealkylation sites (tertiary alicyclic amines) is 1. The van der Waals surface area contributed by atoms with Crippen molar-refractivity contribution < 1.29 is 17.9 Å². The first-order valence-electron chi connectivity index (χ1n) is 8.24. The maximum absolute atomic E-state index is 12.6. The monoisotopic (exact) mass is 352 g/mol. The van der Waals surface area contributed by atoms with Crippen LogP contribution in [0.3, 0.4) is 0 Å². The SMILES string of the molecule is Cc1cccc(C(=O)N2CC3(C2)OCCC3CCNS(C)(=O)=O)c1. The minimum atomic E-state index is -3.16. The molecule has 0 bridgehead atoms. The zero-order valence-corrected chi connectivity index (χ0v) is 14.9. The van der Waals surface area contributed by atoms with Crippen molar-refractivity contribution in [3.63, 3.8) is 0 Å². The summed E-state index contributed by atoms with van der Waals surface area (Å²) < 4.78 is 30.8. The molecule has 0 aliphatic carbocycles. The van der Waals surface area contributed by atoms with E-state index in [1.54, 1.807) is 0 Å². The summed E-state index contributed by atoms with van der Waals surface area (Å²) in [6, 6.07) is 7.60. The molecule has 1 amide bonds. The average Bonchev–Trinajstić information content (AvgIpc) is 2.87. The zero-order valence-electron chi connectivity index (χ0n) is 14.1. The summed E-state index contributed by atoms with van der Waals surface area (Å²) >= 11 is 0. The number of ether oxygens (including phenoxy) is 1. The van der Waals surface area contributed by atoms with Crippen LogP contribution in [0.1, 0.15) is 28.8 Å². The number of rotatable bonds is 5. The predicted molar refractivity (Wildman–Crippen MR) is 91.3 cm³/mol. The first kappa shape index (κ1) is 17.4. The van der Waals surface area contributed by atoms with Crippen molar-refractivity contribution in [1.82, 2.24) is 9.62 Å². The lowest BCUT2D eigenvalue weighted by Gasteiger charge is -2.50. The smallest absolute Gasteiger partial charge is 0.254 e. The van der Waals surface area contributed by atoms with Gasteiger partial charge in [0.15, 0.2) is 0 Å². The Balaban J connectivity index is 1.58. The molecule has 7 heteroatoms. The van der Waals surface area contributed by atoms with Crippen LogP contribution in [0.2, 0.25) is 0 Å². The number of benzene rings is 1. The van der Waals surface area contributed by atoms with Gasteiger partial charge in [0.25, 0.3) is 5.91 Å². The largest absolute Gasteiger partial charge is 0.371 e. The first-order valence-corrected chi connectivity index (χ1v) is 10.1. The molecular weight excluding hydrogens is 328 g/mol. The molecule has 1 spiro atoms. The predicted octanol–water partition coefficient (Wildman–Crippen LogP) is 1.17. The lowest BCUT2D eigenvalue weighted by Crippen LogP contribution is -2.66. The molecule has 1 atom stereocenters. The van der Waals surface area contributed by atoms with Crippen LogP contribution < -0.4 is 4.72 Å². The number of aryl methyl sites for hydroxylation is 1. The molecule has 1 aromatic carbocycles. The Morgan fingerprint density at radius 1 is 1.42 bits per heavy atom. The fraction of sp³-hybridized carbons (Fsp3) is 0.588. The van der Waals surface area contributed by atoms with E-state index in [4.69, 9.17) is 4.74 Å². The van der Waals surface area contributed by atoms with Crippen molar-refractivity contribution in [3.8, 4) is 0 Å². The molecule has 2 aliphatic rings. The summed E-state index contributed by atoms with van der Waals surface area (Å²) in [6.45, 7) is 4.24. The molecule has 6 nitrogen and oxygen atoms in total. The van der Waals surface area contributed by atoms with Gasteiger partial charge < -0.3 is 9.64 Å². The second-order valence-corrected chi connectivity index (χ2v) is 8.72. The number of nitrogens with one attached hydrogen (secondary N) is 1. The second kappa shape index (κ2) is 6.46. The third kappa shape index (κ3) is 3.63. The fourth-order valence-corrected chi connectivity index (χ4v) is 4.15. The van der Waals surface area contributed by atoms with Gasteiger partial charge in [-0.3, -0.25) is 4.79 Å². The van der Waals surface area contributed by atoms with Crippen molar-refractivity contribution in [2.75, 3.05) is 32.5 Å². The van der Waals surface area contributed by atoms with Gasteiger partial charge in [-0.1, -0.05) is 17.7 Å². The Bertz CT molecular complexity index is 726. The highest BCUT2D eigenvalue weighted by molar-refractivity contribution is 7.88. The van der Waals surface area contributed by atoms with E-state index in [9.17, 15) is 13.2 Å². The van der Waals surface area contributed by atoms with Crippen molar-refractivity contribution >= 4 is 15.9 Å². The molecule has 1 aromatic rings. The standard InChI is InChI=1S/C17H24N2O4S/c1-13-4-3-5-14(10-13)16(20)19-11-17(12-19)15(7-9-23-17)6-8-18-24(2,21)22/h3-5,10,15,18H,6-9,11-12H2,1-2H3. The summed E-state index contributed by atoms with van der Waals surface area (Å²) in [5.41, 5.74) is 1.48. The number of nitrogens with zero attached hydrogens (tertiary/aromatic N) is 1. The van der Waals surface area contributed by atoms with Gasteiger partial charge >= 0.3 is 0 Å². The van der Waals surface area contributed by atoms with Gasteiger partial charge in [0.05, 0.1) is 19.3 Å². The zero-order chi connectivity index (χ0) is 17.4. The van der Waals surface area contributed by atoms with E-state index in [0.717, 1.165) is 18.4 Å². The molecule has 2 aliphatic heterocycles. The molecular formula is C17H24N2O4S. The molecule has 1 N–H and O–H groups in total. The van der Waals surface area contributed by atoms with Crippen molar-refractivity contribution in [1.29, 1.82) is 0 Å². The summed E-state index contributed by atoms with van der Waals surface area (Å²) in [5, 5.41) is 0. The lowest BCUT2D eigenvalue weighted by molar-refractivity contribution is -0.117. The third-order valence-corrected chi connectivity index (χ3v) is 5.65. The van der Waals surface area contributed by atoms with E-state index in [1.165, 1.54) is 6.26 Å². The van der Waals surface area contributed by atoms with Gasteiger partial charge in [0.1, 0.15) is 5.60 Å². The molecule has 2 saturated heterocycles. The lowest BCUT2D eigenvalue weighted by atomic mass is 9.78. The first-order chi connectivity index (χ1) is 11.3. The number of carbonyl (C=O) groups excluding carboxylic acids is 1. The van der Waals surface area contributed by atoms with E-state index < -0.39 is 10.0 Å². The fourth-order valence-electron chi connectivity index (χ4n) is 3.66. The van der Waals surface area contributed by atoms with E-state index >= 15 is 0 Å². The minimum absolute atomic E-state index is 0.0350. The van der Waals surface area contributed by atoms with Crippen LogP contribution in [0.5, 0.6) is 0 Å². The molecule has 1 unspecified atom stereocenters. The molecule has 0 aromatic heterocycles. The second-order valence-electron chi connectivity index (χ2n) is 6.88. The Kier molecular flexibility index (Phi) is 4.68. The number of carbonyl (C=O) groups is 1. The highest BCUT2D eigenvalue weighted by atomic mass is 32.2. The number of amides is 1. The number of hydrogen-bond acceptors (Lipinski definition) is 4. The molecule has 3 rings (SSSR count). The molecule has 132 valence electrons. The normalized spacial score (nSPS) is 22.6. The number of sulfonamides is 1. The van der Waals surface area contributed by atoms with Gasteiger partial charge in [-0.05, 0) is 37.8 Å². The van der Waals surface area contributed by atoms with Crippen molar-refractivity contribution in [2.24, 2.45) is 5.92 Å². The molecule has 24 heavy (non-hydrogen) atoms. The molecule has 0 saturated carbocycles. The van der Waals surface area contributed by atoms with Gasteiger partial charge in [0.2, 0.25) is 10.0 Å². The Hall–Kier alpha value is -1.44. The van der Waals surface area contributed by atoms with Crippen LogP contribution >= 0.6 is 0 Å². The van der Waals surface area contributed by atoms with Crippen LogP contribution in [0.15, 0.2) is 24.3 Å². The Morgan fingerprint density at radius 3 is 2.83 bits per heavy atom. The van der Waals surface area contributed by atoms with Gasteiger partial charge in [-0.25, -0.2) is 13.1 Å². The van der Waals surface area contributed by atoms with Crippen molar-refractivity contribution in [2.45, 2.75) is 25.4 Å². The Morgan fingerprint density at radius 2 is 2.17 bits per heavy atom. The van der Waals surface area contributed by atoms with Crippen LogP contribution in [0.4, 0.5) is 0 Å². The van der Waals surface area contributed by atoms with Crippen LogP contribution in [0, 0.1) is 12.8 Å². The van der Waals surface area contributed by atoms with E-state index in [2.05, 4.69) is 4.72 Å². The third-order valence-electron chi connectivity index (χ3n) is 4.93. The number of hydrogen-bond donors (Lipinski definition) is 1. The van der Waals surface area contributed by atoms with Gasteiger partial charge in [-0.15, -0.1) is 0 Å². The van der Waals surface area contributed by atoms with E-state index in [-0.39, 0.29) is 17.4 Å². The summed E-state index contributed by atoms with van der Waals surface area (Å²) in [6.07, 6.45) is 2.82. The van der Waals surface area contributed by atoms with E-state index in [1.807, 2.05) is 36.1 Å². The summed E-state index contributed by atoms with van der Waals surface area (Å²) in [5.74, 6) is 0.321. The van der Waals surface area contributed by atoms with Crippen LogP contribution in [-0.2, 0) is 14.8 Å². The Labute approximate surface area is 143 Å². The van der Waals surface area contributed by atoms with Crippen LogP contribution in [-0.4, -0.2) is 57.3 Å². The van der Waals surface area contributed by atoms with Gasteiger partial charge in [0, 0.05) is 18.7 Å². The summed E-state index contributed by atoms with van der Waals surface area (Å²) in [4.78, 5) is 14.4. The topological polar surface area (TPSA) is 75.7 Å². The maximum Gasteiger partial charge on any atom is 0.254 e. The quantitative estimate of drug-likeness (QED) is 0.863. The van der Waals surface area contributed by atoms with E-state index in [0.29, 0.717) is 31.8 Å². The molecule has 2 fully saturated rings. The molecule has 0 radical (unpaired) electrons. The molecule has 2 heterocycles. The van der Waals surface area contributed by atoms with Gasteiger partial charge in [-0.2, -0.15) is 0 Å². The van der Waals surface area contributed by atoms with Crippen LogP contribution in [0.25, 0.3) is 0 Å². The highest BCUT2D eigenvalue weighted by Gasteiger charge is 2.54. The average molecular weight is 352 g/mol. The maximum atomic E-state index is 12.6. The highest BCUT2D eigenvalue weighted by Crippen LogP contribution is 2.42. The summed E-state index contributed by atoms with van der Waals surface area (Å²) in [7, 11) is -3.16. The minimum Gasteiger partial charge on any atom is -0.371 e.